The van der Waals surface area contributed by atoms with Crippen LogP contribution in [0.15, 0.2) is 18.2 Å². The smallest absolute Gasteiger partial charge is 0.407 e. The van der Waals surface area contributed by atoms with Gasteiger partial charge in [-0.1, -0.05) is 17.7 Å². The Morgan fingerprint density at radius 3 is 2.29 bits per heavy atom. The molecule has 12 heteroatoms. The standard InChI is InChI=1S/C19H27ClN4O6S/c1-14-2-3-15(20)12-16(14)22-8-10-24(11-9-22)31(29,30)13-19(17(25)21-28)4-6-23(7-5-19)18(26)27/h2-3,12,28H,4-11,13H2,1H3,(H,21,25)(H,26,27). The summed E-state index contributed by atoms with van der Waals surface area (Å²) in [4.78, 5) is 26.8. The molecule has 1 aromatic rings. The average Bonchev–Trinajstić information content (AvgIpc) is 2.75. The number of carboxylic acid groups (broad SMARTS) is 1. The van der Waals surface area contributed by atoms with Crippen LogP contribution < -0.4 is 10.4 Å². The number of likely N-dealkylation sites (tertiary alicyclic amines) is 1. The third-order valence-corrected chi connectivity index (χ3v) is 8.48. The first-order chi connectivity index (χ1) is 14.6. The molecule has 10 nitrogen and oxygen atoms in total. The number of hydrogen-bond acceptors (Lipinski definition) is 6. The molecule has 2 heterocycles. The van der Waals surface area contributed by atoms with Crippen LogP contribution in [0, 0.1) is 12.3 Å². The SMILES string of the molecule is Cc1ccc(Cl)cc1N1CCN(S(=O)(=O)CC2(C(=O)NO)CCN(C(=O)O)CC2)CC1. The molecular formula is C19H27ClN4O6S. The third kappa shape index (κ3) is 5.05. The molecule has 3 rings (SSSR count). The summed E-state index contributed by atoms with van der Waals surface area (Å²) in [6, 6.07) is 5.59. The number of aryl methyl sites for hydroxylation is 1. The molecule has 2 amide bonds. The van der Waals surface area contributed by atoms with Gasteiger partial charge in [0.15, 0.2) is 0 Å². The quantitative estimate of drug-likeness (QED) is 0.434. The number of halogens is 1. The van der Waals surface area contributed by atoms with Crippen molar-refractivity contribution in [2.24, 2.45) is 5.41 Å². The molecule has 2 saturated heterocycles. The van der Waals surface area contributed by atoms with E-state index in [2.05, 4.69) is 4.90 Å². The highest BCUT2D eigenvalue weighted by molar-refractivity contribution is 7.89. The summed E-state index contributed by atoms with van der Waals surface area (Å²) in [5.41, 5.74) is 2.21. The number of sulfonamides is 1. The van der Waals surface area contributed by atoms with Crippen molar-refractivity contribution < 1.29 is 28.3 Å². The zero-order valence-electron chi connectivity index (χ0n) is 17.3. The van der Waals surface area contributed by atoms with Crippen molar-refractivity contribution in [2.75, 3.05) is 49.9 Å². The first-order valence-electron chi connectivity index (χ1n) is 9.99. The van der Waals surface area contributed by atoms with E-state index in [1.807, 2.05) is 25.1 Å². The van der Waals surface area contributed by atoms with Crippen LogP contribution >= 0.6 is 11.6 Å². The summed E-state index contributed by atoms with van der Waals surface area (Å²) in [5, 5.41) is 18.9. The van der Waals surface area contributed by atoms with Crippen LogP contribution in [-0.2, 0) is 14.8 Å². The van der Waals surface area contributed by atoms with E-state index in [9.17, 15) is 23.2 Å². The van der Waals surface area contributed by atoms with Crippen LogP contribution in [-0.4, -0.2) is 85.0 Å². The summed E-state index contributed by atoms with van der Waals surface area (Å²) < 4.78 is 27.7. The zero-order valence-corrected chi connectivity index (χ0v) is 18.8. The molecule has 0 bridgehead atoms. The van der Waals surface area contributed by atoms with Crippen LogP contribution in [0.25, 0.3) is 0 Å². The van der Waals surface area contributed by atoms with Crippen LogP contribution in [0.1, 0.15) is 18.4 Å². The Morgan fingerprint density at radius 2 is 1.74 bits per heavy atom. The summed E-state index contributed by atoms with van der Waals surface area (Å²) in [5.74, 6) is -1.27. The van der Waals surface area contributed by atoms with E-state index in [0.717, 1.165) is 16.2 Å². The van der Waals surface area contributed by atoms with Gasteiger partial charge in [-0.2, -0.15) is 4.31 Å². The van der Waals surface area contributed by atoms with E-state index >= 15 is 0 Å². The molecule has 0 spiro atoms. The number of benzene rings is 1. The lowest BCUT2D eigenvalue weighted by Gasteiger charge is -2.41. The van der Waals surface area contributed by atoms with Crippen molar-refractivity contribution in [3.05, 3.63) is 28.8 Å². The number of rotatable bonds is 5. The molecule has 0 unspecified atom stereocenters. The van der Waals surface area contributed by atoms with Gasteiger partial charge in [0.25, 0.3) is 5.91 Å². The molecule has 31 heavy (non-hydrogen) atoms. The maximum absolute atomic E-state index is 13.2. The van der Waals surface area contributed by atoms with Crippen LogP contribution in [0.4, 0.5) is 10.5 Å². The number of carbonyl (C=O) groups is 2. The predicted molar refractivity (Wildman–Crippen MR) is 115 cm³/mol. The van der Waals surface area contributed by atoms with E-state index in [1.165, 1.54) is 4.31 Å². The number of piperidine rings is 1. The van der Waals surface area contributed by atoms with Crippen LogP contribution in [0.3, 0.4) is 0 Å². The number of anilines is 1. The molecule has 0 aromatic heterocycles. The maximum Gasteiger partial charge on any atom is 0.407 e. The lowest BCUT2D eigenvalue weighted by atomic mass is 9.79. The Labute approximate surface area is 186 Å². The fraction of sp³-hybridized carbons (Fsp3) is 0.579. The van der Waals surface area contributed by atoms with E-state index in [4.69, 9.17) is 16.7 Å². The topological polar surface area (TPSA) is 130 Å². The Kier molecular flexibility index (Phi) is 6.99. The lowest BCUT2D eigenvalue weighted by Crippen LogP contribution is -2.56. The first kappa shape index (κ1) is 23.6. The highest BCUT2D eigenvalue weighted by Crippen LogP contribution is 2.35. The molecule has 2 fully saturated rings. The largest absolute Gasteiger partial charge is 0.465 e. The molecule has 0 saturated carbocycles. The second kappa shape index (κ2) is 9.19. The van der Waals surface area contributed by atoms with Crippen LogP contribution in [0.5, 0.6) is 0 Å². The Balaban J connectivity index is 1.70. The van der Waals surface area contributed by atoms with Crippen molar-refractivity contribution >= 4 is 39.3 Å². The van der Waals surface area contributed by atoms with E-state index in [0.29, 0.717) is 18.1 Å². The molecule has 172 valence electrons. The minimum Gasteiger partial charge on any atom is -0.465 e. The average molecular weight is 475 g/mol. The molecule has 0 radical (unpaired) electrons. The summed E-state index contributed by atoms with van der Waals surface area (Å²) in [6.07, 6.45) is -1.08. The van der Waals surface area contributed by atoms with Crippen molar-refractivity contribution in [3.8, 4) is 0 Å². The minimum atomic E-state index is -3.82. The van der Waals surface area contributed by atoms with Gasteiger partial charge in [-0.05, 0) is 37.5 Å². The van der Waals surface area contributed by atoms with Gasteiger partial charge in [0, 0.05) is 50.0 Å². The van der Waals surface area contributed by atoms with Gasteiger partial charge in [0.2, 0.25) is 10.0 Å². The second-order valence-corrected chi connectivity index (χ2v) is 10.5. The number of hydrogen-bond donors (Lipinski definition) is 3. The highest BCUT2D eigenvalue weighted by atomic mass is 35.5. The van der Waals surface area contributed by atoms with Gasteiger partial charge in [-0.15, -0.1) is 0 Å². The van der Waals surface area contributed by atoms with Crippen molar-refractivity contribution in [1.82, 2.24) is 14.7 Å². The summed E-state index contributed by atoms with van der Waals surface area (Å²) >= 11 is 6.10. The summed E-state index contributed by atoms with van der Waals surface area (Å²) in [6.45, 7) is 3.49. The second-order valence-electron chi connectivity index (χ2n) is 8.06. The van der Waals surface area contributed by atoms with E-state index in [1.54, 1.807) is 5.48 Å². The molecule has 1 aromatic carbocycles. The van der Waals surface area contributed by atoms with Gasteiger partial charge >= 0.3 is 6.09 Å². The van der Waals surface area contributed by atoms with E-state index in [-0.39, 0.29) is 39.0 Å². The third-order valence-electron chi connectivity index (χ3n) is 6.18. The van der Waals surface area contributed by atoms with E-state index < -0.39 is 33.2 Å². The molecular weight excluding hydrogens is 448 g/mol. The zero-order chi connectivity index (χ0) is 22.8. The number of carbonyl (C=O) groups excluding carboxylic acids is 1. The number of piperazine rings is 1. The van der Waals surface area contributed by atoms with Crippen LogP contribution in [0.2, 0.25) is 5.02 Å². The maximum atomic E-state index is 13.2. The van der Waals surface area contributed by atoms with Gasteiger partial charge in [-0.25, -0.2) is 18.7 Å². The fourth-order valence-corrected chi connectivity index (χ4v) is 6.44. The molecule has 2 aliphatic rings. The van der Waals surface area contributed by atoms with Crippen molar-refractivity contribution in [2.45, 2.75) is 19.8 Å². The van der Waals surface area contributed by atoms with Crippen molar-refractivity contribution in [3.63, 3.8) is 0 Å². The summed E-state index contributed by atoms with van der Waals surface area (Å²) in [7, 11) is -3.82. The normalized spacial score (nSPS) is 19.8. The highest BCUT2D eigenvalue weighted by Gasteiger charge is 2.47. The van der Waals surface area contributed by atoms with Gasteiger partial charge in [0.1, 0.15) is 0 Å². The fourth-order valence-electron chi connectivity index (χ4n) is 4.25. The molecule has 0 atom stereocenters. The Morgan fingerprint density at radius 1 is 1.13 bits per heavy atom. The van der Waals surface area contributed by atoms with Gasteiger partial charge < -0.3 is 14.9 Å². The predicted octanol–water partition coefficient (Wildman–Crippen LogP) is 1.37. The Bertz CT molecular complexity index is 941. The Hall–Kier alpha value is -2.08. The molecule has 0 aliphatic carbocycles. The lowest BCUT2D eigenvalue weighted by molar-refractivity contribution is -0.141. The number of amides is 2. The van der Waals surface area contributed by atoms with Crippen molar-refractivity contribution in [1.29, 1.82) is 0 Å². The number of hydroxylamine groups is 1. The number of nitrogens with one attached hydrogen (secondary N) is 1. The number of nitrogens with zero attached hydrogens (tertiary/aromatic N) is 3. The van der Waals surface area contributed by atoms with Gasteiger partial charge in [-0.3, -0.25) is 10.0 Å². The first-order valence-corrected chi connectivity index (χ1v) is 12.0. The molecule has 3 N–H and O–H groups in total. The minimum absolute atomic E-state index is 0.0204. The monoisotopic (exact) mass is 474 g/mol. The van der Waals surface area contributed by atoms with Gasteiger partial charge in [0.05, 0.1) is 11.2 Å². The molecule has 2 aliphatic heterocycles.